The minimum absolute atomic E-state index is 0.122. The number of rotatable bonds is 7. The van der Waals surface area contributed by atoms with Crippen molar-refractivity contribution in [2.75, 3.05) is 6.54 Å². The third kappa shape index (κ3) is 5.16. The second-order valence-corrected chi connectivity index (χ2v) is 8.18. The average molecular weight is 430 g/mol. The second-order valence-electron chi connectivity index (χ2n) is 7.29. The van der Waals surface area contributed by atoms with E-state index in [1.807, 2.05) is 79.0 Å². The van der Waals surface area contributed by atoms with Gasteiger partial charge in [-0.25, -0.2) is 4.98 Å². The third-order valence-electron chi connectivity index (χ3n) is 4.99. The first-order valence-corrected chi connectivity index (χ1v) is 11.1. The van der Waals surface area contributed by atoms with Crippen LogP contribution in [0.3, 0.4) is 0 Å². The Balaban J connectivity index is 1.27. The van der Waals surface area contributed by atoms with Crippen LogP contribution in [0.2, 0.25) is 0 Å². The molecular formula is C25H23N3O2S. The molecule has 0 spiro atoms. The molecule has 0 saturated heterocycles. The van der Waals surface area contributed by atoms with E-state index in [0.717, 1.165) is 27.0 Å². The Labute approximate surface area is 185 Å². The van der Waals surface area contributed by atoms with Crippen LogP contribution in [-0.2, 0) is 4.79 Å². The third-order valence-corrected chi connectivity index (χ3v) is 6.02. The fourth-order valence-corrected chi connectivity index (χ4v) is 4.16. The number of carbonyl (C=O) groups is 2. The number of carbonyl (C=O) groups excluding carboxylic acids is 2. The Morgan fingerprint density at radius 2 is 1.71 bits per heavy atom. The Morgan fingerprint density at radius 3 is 2.52 bits per heavy atom. The summed E-state index contributed by atoms with van der Waals surface area (Å²) in [6, 6.07) is 23.2. The van der Waals surface area contributed by atoms with Gasteiger partial charge in [-0.15, -0.1) is 11.3 Å². The zero-order chi connectivity index (χ0) is 21.6. The van der Waals surface area contributed by atoms with E-state index in [0.29, 0.717) is 5.56 Å². The minimum Gasteiger partial charge on any atom is -0.352 e. The van der Waals surface area contributed by atoms with E-state index in [2.05, 4.69) is 15.6 Å². The normalized spacial score (nSPS) is 11.8. The molecule has 156 valence electrons. The standard InChI is InChI=1S/C25H23N3O2S/c1-17(25-28-22(16-31-25)19-8-3-2-4-9-19)27-23(29)13-14-26-24(30)21-12-11-18-7-5-6-10-20(18)15-21/h2-12,15-17H,13-14H2,1H3,(H,26,30)(H,27,29). The van der Waals surface area contributed by atoms with E-state index in [9.17, 15) is 9.59 Å². The first-order chi connectivity index (χ1) is 15.1. The molecule has 0 saturated carbocycles. The summed E-state index contributed by atoms with van der Waals surface area (Å²) in [5.41, 5.74) is 2.55. The van der Waals surface area contributed by atoms with Crippen molar-refractivity contribution in [3.05, 3.63) is 88.7 Å². The summed E-state index contributed by atoms with van der Waals surface area (Å²) in [6.45, 7) is 2.19. The lowest BCUT2D eigenvalue weighted by Gasteiger charge is -2.12. The molecular weight excluding hydrogens is 406 g/mol. The molecule has 1 atom stereocenters. The number of hydrogen-bond donors (Lipinski definition) is 2. The monoisotopic (exact) mass is 429 g/mol. The molecule has 1 heterocycles. The molecule has 1 aromatic heterocycles. The van der Waals surface area contributed by atoms with Gasteiger partial charge < -0.3 is 10.6 Å². The van der Waals surface area contributed by atoms with Crippen LogP contribution in [0, 0.1) is 0 Å². The molecule has 1 unspecified atom stereocenters. The molecule has 0 radical (unpaired) electrons. The molecule has 2 amide bonds. The van der Waals surface area contributed by atoms with Gasteiger partial charge in [0.1, 0.15) is 5.01 Å². The van der Waals surface area contributed by atoms with Gasteiger partial charge in [-0.3, -0.25) is 9.59 Å². The predicted molar refractivity (Wildman–Crippen MR) is 125 cm³/mol. The van der Waals surface area contributed by atoms with E-state index in [4.69, 9.17) is 0 Å². The number of amides is 2. The number of aromatic nitrogens is 1. The molecule has 4 rings (SSSR count). The largest absolute Gasteiger partial charge is 0.352 e. The zero-order valence-corrected chi connectivity index (χ0v) is 18.0. The molecule has 2 N–H and O–H groups in total. The molecule has 5 nitrogen and oxygen atoms in total. The highest BCUT2D eigenvalue weighted by Crippen LogP contribution is 2.25. The van der Waals surface area contributed by atoms with Gasteiger partial charge in [-0.2, -0.15) is 0 Å². The van der Waals surface area contributed by atoms with Crippen molar-refractivity contribution in [2.45, 2.75) is 19.4 Å². The Kier molecular flexibility index (Phi) is 6.38. The molecule has 31 heavy (non-hydrogen) atoms. The molecule has 4 aromatic rings. The first kappa shape index (κ1) is 20.8. The lowest BCUT2D eigenvalue weighted by atomic mass is 10.1. The number of nitrogens with one attached hydrogen (secondary N) is 2. The van der Waals surface area contributed by atoms with Crippen molar-refractivity contribution < 1.29 is 9.59 Å². The van der Waals surface area contributed by atoms with Crippen molar-refractivity contribution in [1.82, 2.24) is 15.6 Å². The van der Waals surface area contributed by atoms with Crippen molar-refractivity contribution in [1.29, 1.82) is 0 Å². The quantitative estimate of drug-likeness (QED) is 0.436. The lowest BCUT2D eigenvalue weighted by Crippen LogP contribution is -2.32. The van der Waals surface area contributed by atoms with Gasteiger partial charge in [0.05, 0.1) is 11.7 Å². The van der Waals surface area contributed by atoms with Gasteiger partial charge >= 0.3 is 0 Å². The summed E-state index contributed by atoms with van der Waals surface area (Å²) in [7, 11) is 0. The smallest absolute Gasteiger partial charge is 0.251 e. The second kappa shape index (κ2) is 9.53. The highest BCUT2D eigenvalue weighted by Gasteiger charge is 2.14. The van der Waals surface area contributed by atoms with Crippen molar-refractivity contribution in [3.63, 3.8) is 0 Å². The van der Waals surface area contributed by atoms with Crippen LogP contribution in [0.25, 0.3) is 22.0 Å². The number of fused-ring (bicyclic) bond motifs is 1. The van der Waals surface area contributed by atoms with Gasteiger partial charge in [-0.1, -0.05) is 60.7 Å². The number of hydrogen-bond acceptors (Lipinski definition) is 4. The summed E-state index contributed by atoms with van der Waals surface area (Å²) in [6.07, 6.45) is 0.209. The maximum Gasteiger partial charge on any atom is 0.251 e. The van der Waals surface area contributed by atoms with Crippen LogP contribution < -0.4 is 10.6 Å². The van der Waals surface area contributed by atoms with Crippen molar-refractivity contribution >= 4 is 33.9 Å². The van der Waals surface area contributed by atoms with Crippen molar-refractivity contribution in [3.8, 4) is 11.3 Å². The Morgan fingerprint density at radius 1 is 0.968 bits per heavy atom. The van der Waals surface area contributed by atoms with Gasteiger partial charge in [0, 0.05) is 29.5 Å². The molecule has 6 heteroatoms. The van der Waals surface area contributed by atoms with Gasteiger partial charge in [-0.05, 0) is 29.8 Å². The first-order valence-electron chi connectivity index (χ1n) is 10.2. The topological polar surface area (TPSA) is 71.1 Å². The lowest BCUT2D eigenvalue weighted by molar-refractivity contribution is -0.121. The summed E-state index contributed by atoms with van der Waals surface area (Å²) in [4.78, 5) is 29.4. The number of thiazole rings is 1. The Bertz CT molecular complexity index is 1200. The maximum atomic E-state index is 12.4. The highest BCUT2D eigenvalue weighted by atomic mass is 32.1. The molecule has 3 aromatic carbocycles. The van der Waals surface area contributed by atoms with Crippen LogP contribution in [0.5, 0.6) is 0 Å². The van der Waals surface area contributed by atoms with Crippen LogP contribution in [0.4, 0.5) is 0 Å². The van der Waals surface area contributed by atoms with Crippen molar-refractivity contribution in [2.24, 2.45) is 0 Å². The Hall–Kier alpha value is -3.51. The van der Waals surface area contributed by atoms with Crippen LogP contribution >= 0.6 is 11.3 Å². The van der Waals surface area contributed by atoms with Gasteiger partial charge in [0.15, 0.2) is 0 Å². The van der Waals surface area contributed by atoms with E-state index in [-0.39, 0.29) is 30.8 Å². The minimum atomic E-state index is -0.189. The SMILES string of the molecule is CC(NC(=O)CCNC(=O)c1ccc2ccccc2c1)c1nc(-c2ccccc2)cs1. The van der Waals surface area contributed by atoms with Gasteiger partial charge in [0.25, 0.3) is 5.91 Å². The van der Waals surface area contributed by atoms with Crippen LogP contribution in [0.1, 0.15) is 34.8 Å². The summed E-state index contributed by atoms with van der Waals surface area (Å²) in [5.74, 6) is -0.304. The summed E-state index contributed by atoms with van der Waals surface area (Å²) in [5, 5.41) is 10.7. The number of benzene rings is 3. The van der Waals surface area contributed by atoms with E-state index in [1.54, 1.807) is 6.07 Å². The summed E-state index contributed by atoms with van der Waals surface area (Å²) < 4.78 is 0. The van der Waals surface area contributed by atoms with E-state index >= 15 is 0 Å². The zero-order valence-electron chi connectivity index (χ0n) is 17.2. The fourth-order valence-electron chi connectivity index (χ4n) is 3.33. The maximum absolute atomic E-state index is 12.4. The molecule has 0 fully saturated rings. The fraction of sp³-hybridized carbons (Fsp3) is 0.160. The highest BCUT2D eigenvalue weighted by molar-refractivity contribution is 7.10. The van der Waals surface area contributed by atoms with E-state index < -0.39 is 0 Å². The predicted octanol–water partition coefficient (Wildman–Crippen LogP) is 4.96. The van der Waals surface area contributed by atoms with E-state index in [1.165, 1.54) is 11.3 Å². The van der Waals surface area contributed by atoms with Crippen LogP contribution in [0.15, 0.2) is 78.2 Å². The molecule has 0 aliphatic rings. The summed E-state index contributed by atoms with van der Waals surface area (Å²) >= 11 is 1.53. The molecule has 0 aliphatic heterocycles. The molecule has 0 bridgehead atoms. The number of nitrogens with zero attached hydrogens (tertiary/aromatic N) is 1. The van der Waals surface area contributed by atoms with Crippen LogP contribution in [-0.4, -0.2) is 23.3 Å². The molecule has 0 aliphatic carbocycles. The average Bonchev–Trinajstić information content (AvgIpc) is 3.30. The van der Waals surface area contributed by atoms with Gasteiger partial charge in [0.2, 0.25) is 5.91 Å².